The maximum Gasteiger partial charge on any atom is 0.274 e. The van der Waals surface area contributed by atoms with Gasteiger partial charge in [-0.2, -0.15) is 5.10 Å². The minimum absolute atomic E-state index is 0.0383. The van der Waals surface area contributed by atoms with E-state index in [2.05, 4.69) is 47.7 Å². The fraction of sp³-hybridized carbons (Fsp3) is 0.600. The normalized spacial score (nSPS) is 17.9. The molecule has 31 heavy (non-hydrogen) atoms. The van der Waals surface area contributed by atoms with Crippen LogP contribution in [0.2, 0.25) is 0 Å². The number of fused-ring (bicyclic) bond motifs is 1. The van der Waals surface area contributed by atoms with Crippen molar-refractivity contribution in [2.24, 2.45) is 5.92 Å². The molecular formula is C25H36N4O2. The number of aliphatic hydroxyl groups is 1. The zero-order chi connectivity index (χ0) is 21.8. The molecule has 168 valence electrons. The smallest absolute Gasteiger partial charge is 0.274 e. The van der Waals surface area contributed by atoms with Crippen molar-refractivity contribution in [2.45, 2.75) is 65.1 Å². The molecule has 1 fully saturated rings. The number of aliphatic hydroxyl groups excluding tert-OH is 1. The maximum atomic E-state index is 13.4. The molecule has 0 spiro atoms. The number of carbonyl (C=O) groups is 1. The van der Waals surface area contributed by atoms with Gasteiger partial charge in [0.05, 0.1) is 6.10 Å². The number of nitrogens with zero attached hydrogens (tertiary/aromatic N) is 4. The third-order valence-corrected chi connectivity index (χ3v) is 6.47. The largest absolute Gasteiger partial charge is 0.393 e. The summed E-state index contributed by atoms with van der Waals surface area (Å²) in [5.41, 5.74) is 4.35. The molecule has 3 heterocycles. The van der Waals surface area contributed by atoms with Crippen LogP contribution in [0, 0.1) is 5.92 Å². The number of aryl methyl sites for hydroxylation is 2. The molecule has 0 radical (unpaired) electrons. The summed E-state index contributed by atoms with van der Waals surface area (Å²) < 4.78 is 2.11. The zero-order valence-electron chi connectivity index (χ0n) is 19.0. The second-order valence-corrected chi connectivity index (χ2v) is 9.49. The van der Waals surface area contributed by atoms with Crippen LogP contribution >= 0.6 is 0 Å². The highest BCUT2D eigenvalue weighted by Gasteiger charge is 2.31. The number of hydrogen-bond acceptors (Lipinski definition) is 4. The van der Waals surface area contributed by atoms with Crippen molar-refractivity contribution in [3.63, 3.8) is 0 Å². The molecule has 0 aliphatic carbocycles. The number of likely N-dealkylation sites (tertiary alicyclic amines) is 1. The minimum Gasteiger partial charge on any atom is -0.393 e. The molecule has 0 unspecified atom stereocenters. The zero-order valence-corrected chi connectivity index (χ0v) is 19.0. The molecule has 6 heteroatoms. The molecule has 2 aliphatic rings. The summed E-state index contributed by atoms with van der Waals surface area (Å²) in [5, 5.41) is 14.7. The van der Waals surface area contributed by atoms with Crippen molar-refractivity contribution in [1.82, 2.24) is 19.6 Å². The highest BCUT2D eigenvalue weighted by molar-refractivity contribution is 5.94. The third kappa shape index (κ3) is 5.36. The molecule has 0 atom stereocenters. The summed E-state index contributed by atoms with van der Waals surface area (Å²) in [5.74, 6) is 0.640. The highest BCUT2D eigenvalue weighted by atomic mass is 16.3. The summed E-state index contributed by atoms with van der Waals surface area (Å²) >= 11 is 0. The van der Waals surface area contributed by atoms with Crippen LogP contribution in [0.4, 0.5) is 0 Å². The first-order valence-electron chi connectivity index (χ1n) is 11.8. The first kappa shape index (κ1) is 22.0. The number of piperidine rings is 1. The predicted molar refractivity (Wildman–Crippen MR) is 122 cm³/mol. The fourth-order valence-electron chi connectivity index (χ4n) is 4.87. The number of aromatic nitrogens is 2. The van der Waals surface area contributed by atoms with Gasteiger partial charge in [0, 0.05) is 56.9 Å². The topological polar surface area (TPSA) is 61.6 Å². The minimum atomic E-state index is -0.282. The lowest BCUT2D eigenvalue weighted by Crippen LogP contribution is -2.41. The third-order valence-electron chi connectivity index (χ3n) is 6.47. The van der Waals surface area contributed by atoms with Crippen molar-refractivity contribution in [2.75, 3.05) is 26.2 Å². The Bertz CT molecular complexity index is 869. The first-order valence-corrected chi connectivity index (χ1v) is 11.8. The van der Waals surface area contributed by atoms with Gasteiger partial charge in [-0.05, 0) is 37.2 Å². The lowest BCUT2D eigenvalue weighted by atomic mass is 10.0. The Morgan fingerprint density at radius 3 is 2.61 bits per heavy atom. The van der Waals surface area contributed by atoms with E-state index in [-0.39, 0.29) is 12.0 Å². The van der Waals surface area contributed by atoms with E-state index in [0.717, 1.165) is 51.0 Å². The Morgan fingerprint density at radius 2 is 1.90 bits per heavy atom. The van der Waals surface area contributed by atoms with Gasteiger partial charge in [-0.25, -0.2) is 0 Å². The number of benzene rings is 1. The second-order valence-electron chi connectivity index (χ2n) is 9.49. The predicted octanol–water partition coefficient (Wildman–Crippen LogP) is 3.13. The Labute approximate surface area is 185 Å². The average molecular weight is 425 g/mol. The second kappa shape index (κ2) is 9.96. The quantitative estimate of drug-likeness (QED) is 0.742. The lowest BCUT2D eigenvalue weighted by molar-refractivity contribution is 0.0538. The highest BCUT2D eigenvalue weighted by Crippen LogP contribution is 2.26. The van der Waals surface area contributed by atoms with E-state index in [1.807, 2.05) is 11.0 Å². The van der Waals surface area contributed by atoms with Crippen LogP contribution in [0.5, 0.6) is 0 Å². The van der Waals surface area contributed by atoms with Crippen LogP contribution in [0.15, 0.2) is 30.3 Å². The van der Waals surface area contributed by atoms with Gasteiger partial charge in [-0.15, -0.1) is 0 Å². The van der Waals surface area contributed by atoms with Crippen LogP contribution in [0.1, 0.15) is 60.4 Å². The number of amides is 1. The van der Waals surface area contributed by atoms with Crippen LogP contribution in [-0.4, -0.2) is 62.9 Å². The van der Waals surface area contributed by atoms with E-state index in [1.165, 1.54) is 11.3 Å². The van der Waals surface area contributed by atoms with Gasteiger partial charge in [0.1, 0.15) is 0 Å². The van der Waals surface area contributed by atoms with Gasteiger partial charge in [-0.1, -0.05) is 44.2 Å². The SMILES string of the molecule is CC(C)CN1CCc2c(c(C(=O)N3CCC(O)CC3)nn2CCCc2ccccc2)C1. The van der Waals surface area contributed by atoms with E-state index in [0.29, 0.717) is 37.5 Å². The van der Waals surface area contributed by atoms with Crippen molar-refractivity contribution >= 4 is 5.91 Å². The summed E-state index contributed by atoms with van der Waals surface area (Å²) in [6, 6.07) is 10.6. The van der Waals surface area contributed by atoms with Crippen LogP contribution < -0.4 is 0 Å². The fourth-order valence-corrected chi connectivity index (χ4v) is 4.87. The first-order chi connectivity index (χ1) is 15.0. The standard InChI is InChI=1S/C25H36N4O2/c1-19(2)17-27-14-12-23-22(18-27)24(25(31)28-15-10-21(30)11-16-28)26-29(23)13-6-9-20-7-4-3-5-8-20/h3-5,7-8,19,21,30H,6,9-18H2,1-2H3. The molecule has 1 aromatic heterocycles. The molecule has 1 aromatic carbocycles. The monoisotopic (exact) mass is 424 g/mol. The molecule has 1 saturated heterocycles. The van der Waals surface area contributed by atoms with Crippen molar-refractivity contribution in [1.29, 1.82) is 0 Å². The Morgan fingerprint density at radius 1 is 1.16 bits per heavy atom. The molecule has 0 saturated carbocycles. The molecule has 1 amide bonds. The van der Waals surface area contributed by atoms with Crippen molar-refractivity contribution < 1.29 is 9.90 Å². The summed E-state index contributed by atoms with van der Waals surface area (Å²) in [4.78, 5) is 17.7. The van der Waals surface area contributed by atoms with E-state index >= 15 is 0 Å². The average Bonchev–Trinajstić information content (AvgIpc) is 3.12. The molecule has 2 aliphatic heterocycles. The van der Waals surface area contributed by atoms with E-state index in [1.54, 1.807) is 0 Å². The number of carbonyl (C=O) groups excluding carboxylic acids is 1. The van der Waals surface area contributed by atoms with E-state index in [4.69, 9.17) is 5.10 Å². The molecule has 4 rings (SSSR count). The van der Waals surface area contributed by atoms with Gasteiger partial charge in [0.15, 0.2) is 5.69 Å². The Hall–Kier alpha value is -2.18. The Balaban J connectivity index is 1.52. The van der Waals surface area contributed by atoms with Crippen LogP contribution in [-0.2, 0) is 25.9 Å². The molecule has 1 N–H and O–H groups in total. The molecule has 6 nitrogen and oxygen atoms in total. The van der Waals surface area contributed by atoms with Gasteiger partial charge in [0.25, 0.3) is 5.91 Å². The number of hydrogen-bond donors (Lipinski definition) is 1. The van der Waals surface area contributed by atoms with Gasteiger partial charge in [0.2, 0.25) is 0 Å². The van der Waals surface area contributed by atoms with Crippen molar-refractivity contribution in [3.05, 3.63) is 52.8 Å². The summed E-state index contributed by atoms with van der Waals surface area (Å²) in [7, 11) is 0. The van der Waals surface area contributed by atoms with E-state index in [9.17, 15) is 9.90 Å². The molecule has 2 aromatic rings. The van der Waals surface area contributed by atoms with Gasteiger partial charge in [-0.3, -0.25) is 14.4 Å². The van der Waals surface area contributed by atoms with E-state index < -0.39 is 0 Å². The van der Waals surface area contributed by atoms with Crippen molar-refractivity contribution in [3.8, 4) is 0 Å². The molecule has 0 bridgehead atoms. The summed E-state index contributed by atoms with van der Waals surface area (Å²) in [6.45, 7) is 9.44. The van der Waals surface area contributed by atoms with Gasteiger partial charge < -0.3 is 10.0 Å². The van der Waals surface area contributed by atoms with Crippen LogP contribution in [0.25, 0.3) is 0 Å². The lowest BCUT2D eigenvalue weighted by Gasteiger charge is -2.31. The van der Waals surface area contributed by atoms with Gasteiger partial charge >= 0.3 is 0 Å². The summed E-state index contributed by atoms with van der Waals surface area (Å²) in [6.07, 6.45) is 4.01. The molecular weight excluding hydrogens is 388 g/mol. The Kier molecular flexibility index (Phi) is 7.08. The maximum absolute atomic E-state index is 13.4. The number of rotatable bonds is 7. The van der Waals surface area contributed by atoms with Crippen LogP contribution in [0.3, 0.4) is 0 Å².